The van der Waals surface area contributed by atoms with E-state index in [4.69, 9.17) is 26.5 Å². The summed E-state index contributed by atoms with van der Waals surface area (Å²) in [5.41, 5.74) is 6.96. The molecule has 3 N–H and O–H groups in total. The molecule has 0 amide bonds. The van der Waals surface area contributed by atoms with Crippen LogP contribution < -0.4 is 21.9 Å². The van der Waals surface area contributed by atoms with Crippen molar-refractivity contribution in [3.8, 4) is 11.5 Å². The van der Waals surface area contributed by atoms with Gasteiger partial charge in [-0.15, -0.1) is 10.2 Å². The Balaban J connectivity index is 1.67. The van der Waals surface area contributed by atoms with Crippen molar-refractivity contribution in [2.75, 3.05) is 30.9 Å². The van der Waals surface area contributed by atoms with Gasteiger partial charge in [0.25, 0.3) is 5.56 Å². The van der Waals surface area contributed by atoms with E-state index in [1.165, 1.54) is 4.57 Å². The molecule has 0 bridgehead atoms. The third-order valence-electron chi connectivity index (χ3n) is 5.37. The molecule has 10 nitrogen and oxygen atoms in total. The van der Waals surface area contributed by atoms with Crippen LogP contribution in [0.4, 0.5) is 11.5 Å². The molecule has 2 aromatic heterocycles. The highest BCUT2D eigenvalue weighted by Crippen LogP contribution is 2.23. The lowest BCUT2D eigenvalue weighted by molar-refractivity contribution is 0.196. The Kier molecular flexibility index (Phi) is 7.64. The van der Waals surface area contributed by atoms with Gasteiger partial charge < -0.3 is 19.8 Å². The van der Waals surface area contributed by atoms with Crippen molar-refractivity contribution >= 4 is 23.1 Å². The minimum Gasteiger partial charge on any atom is -0.419 e. The molecule has 0 saturated carbocycles. The van der Waals surface area contributed by atoms with Crippen LogP contribution in [0.1, 0.15) is 17.9 Å². The zero-order chi connectivity index (χ0) is 24.8. The fraction of sp³-hybridized carbons (Fsp3) is 0.250. The molecule has 0 aliphatic carbocycles. The molecule has 4 aromatic rings. The number of nitrogens with zero attached hydrogens (tertiary/aromatic N) is 4. The molecule has 2 heterocycles. The minimum atomic E-state index is -0.591. The minimum absolute atomic E-state index is 0.0532. The summed E-state index contributed by atoms with van der Waals surface area (Å²) in [6.07, 6.45) is 0.603. The number of hydrogen-bond donors (Lipinski definition) is 2. The SMILES string of the molecule is COCCCN(Cc1nnc(-c2ccc(Cl)cc2)o1)c1c(N)n(Cc2ccccc2)c(=O)[nH]c1=O. The highest BCUT2D eigenvalue weighted by molar-refractivity contribution is 6.30. The Labute approximate surface area is 205 Å². The lowest BCUT2D eigenvalue weighted by atomic mass is 10.2. The normalized spacial score (nSPS) is 11.0. The van der Waals surface area contributed by atoms with Crippen LogP contribution in [0.2, 0.25) is 5.02 Å². The number of hydrogen-bond acceptors (Lipinski definition) is 8. The van der Waals surface area contributed by atoms with Crippen molar-refractivity contribution in [3.63, 3.8) is 0 Å². The number of benzene rings is 2. The first-order chi connectivity index (χ1) is 17.0. The van der Waals surface area contributed by atoms with Gasteiger partial charge in [-0.2, -0.15) is 0 Å². The molecule has 0 unspecified atom stereocenters. The highest BCUT2D eigenvalue weighted by atomic mass is 35.5. The molecule has 0 spiro atoms. The first kappa shape index (κ1) is 24.2. The van der Waals surface area contributed by atoms with Crippen LogP contribution in [0.3, 0.4) is 0 Å². The van der Waals surface area contributed by atoms with Gasteiger partial charge in [-0.3, -0.25) is 14.3 Å². The van der Waals surface area contributed by atoms with E-state index in [9.17, 15) is 9.59 Å². The van der Waals surface area contributed by atoms with Crippen LogP contribution in [0, 0.1) is 0 Å². The second-order valence-corrected chi connectivity index (χ2v) is 8.28. The largest absolute Gasteiger partial charge is 0.419 e. The smallest absolute Gasteiger partial charge is 0.330 e. The van der Waals surface area contributed by atoms with Crippen molar-refractivity contribution in [1.29, 1.82) is 0 Å². The number of rotatable bonds is 10. The molecular formula is C24H25ClN6O4. The average molecular weight is 497 g/mol. The Morgan fingerprint density at radius 2 is 1.86 bits per heavy atom. The molecule has 182 valence electrons. The third-order valence-corrected chi connectivity index (χ3v) is 5.63. The average Bonchev–Trinajstić information content (AvgIpc) is 3.31. The van der Waals surface area contributed by atoms with Crippen LogP contribution in [0.15, 0.2) is 68.6 Å². The number of nitrogen functional groups attached to an aromatic ring is 1. The van der Waals surface area contributed by atoms with E-state index in [1.807, 2.05) is 30.3 Å². The summed E-state index contributed by atoms with van der Waals surface area (Å²) < 4.78 is 12.3. The third kappa shape index (κ3) is 5.79. The van der Waals surface area contributed by atoms with Crippen molar-refractivity contribution in [2.24, 2.45) is 0 Å². The maximum atomic E-state index is 12.9. The van der Waals surface area contributed by atoms with Crippen LogP contribution in [0.25, 0.3) is 11.5 Å². The Hall–Kier alpha value is -3.89. The van der Waals surface area contributed by atoms with E-state index in [0.717, 1.165) is 5.56 Å². The first-order valence-corrected chi connectivity index (χ1v) is 11.3. The van der Waals surface area contributed by atoms with Crippen molar-refractivity contribution in [1.82, 2.24) is 19.7 Å². The number of ether oxygens (including phenoxy) is 1. The molecule has 2 aromatic carbocycles. The van der Waals surface area contributed by atoms with Crippen LogP contribution in [-0.2, 0) is 17.8 Å². The summed E-state index contributed by atoms with van der Waals surface area (Å²) in [5.74, 6) is 0.661. The standard InChI is InChI=1S/C24H25ClN6O4/c1-34-13-5-12-30(15-19-28-29-23(35-19)17-8-10-18(25)11-9-17)20-21(26)31(24(33)27-22(20)32)14-16-6-3-2-4-7-16/h2-4,6-11H,5,12-15,26H2,1H3,(H,27,32,33). The van der Waals surface area contributed by atoms with Crippen LogP contribution in [-0.4, -0.2) is 40.0 Å². The summed E-state index contributed by atoms with van der Waals surface area (Å²) >= 11 is 5.95. The van der Waals surface area contributed by atoms with E-state index in [0.29, 0.717) is 36.0 Å². The van der Waals surface area contributed by atoms with Gasteiger partial charge in [0.15, 0.2) is 0 Å². The lowest BCUT2D eigenvalue weighted by Gasteiger charge is -2.24. The van der Waals surface area contributed by atoms with Crippen LogP contribution in [0.5, 0.6) is 0 Å². The van der Waals surface area contributed by atoms with Gasteiger partial charge >= 0.3 is 5.69 Å². The van der Waals surface area contributed by atoms with Gasteiger partial charge in [-0.05, 0) is 36.2 Å². The second-order valence-electron chi connectivity index (χ2n) is 7.84. The quantitative estimate of drug-likeness (QED) is 0.320. The zero-order valence-corrected chi connectivity index (χ0v) is 19.9. The number of methoxy groups -OCH3 is 1. The molecule has 0 saturated heterocycles. The summed E-state index contributed by atoms with van der Waals surface area (Å²) in [6.45, 7) is 1.20. The lowest BCUT2D eigenvalue weighted by Crippen LogP contribution is -2.39. The second kappa shape index (κ2) is 11.0. The van der Waals surface area contributed by atoms with Gasteiger partial charge in [-0.1, -0.05) is 41.9 Å². The molecule has 4 rings (SSSR count). The van der Waals surface area contributed by atoms with Gasteiger partial charge in [0.1, 0.15) is 11.5 Å². The Morgan fingerprint density at radius 3 is 2.57 bits per heavy atom. The summed E-state index contributed by atoms with van der Waals surface area (Å²) in [4.78, 5) is 29.6. The van der Waals surface area contributed by atoms with E-state index in [1.54, 1.807) is 36.3 Å². The fourth-order valence-electron chi connectivity index (χ4n) is 3.67. The van der Waals surface area contributed by atoms with Crippen molar-refractivity contribution < 1.29 is 9.15 Å². The monoisotopic (exact) mass is 496 g/mol. The van der Waals surface area contributed by atoms with E-state index < -0.39 is 11.2 Å². The predicted molar refractivity (Wildman–Crippen MR) is 134 cm³/mol. The molecule has 35 heavy (non-hydrogen) atoms. The zero-order valence-electron chi connectivity index (χ0n) is 19.1. The predicted octanol–water partition coefficient (Wildman–Crippen LogP) is 2.91. The molecular weight excluding hydrogens is 472 g/mol. The van der Waals surface area contributed by atoms with Gasteiger partial charge in [0, 0.05) is 30.8 Å². The molecule has 0 atom stereocenters. The first-order valence-electron chi connectivity index (χ1n) is 10.9. The Bertz CT molecular complexity index is 1380. The summed E-state index contributed by atoms with van der Waals surface area (Å²) in [6, 6.07) is 16.4. The highest BCUT2D eigenvalue weighted by Gasteiger charge is 2.21. The number of aromatic nitrogens is 4. The van der Waals surface area contributed by atoms with E-state index >= 15 is 0 Å². The van der Waals surface area contributed by atoms with Crippen molar-refractivity contribution in [3.05, 3.63) is 91.9 Å². The molecule has 0 fully saturated rings. The van der Waals surface area contributed by atoms with Crippen molar-refractivity contribution in [2.45, 2.75) is 19.5 Å². The Morgan fingerprint density at radius 1 is 1.11 bits per heavy atom. The maximum Gasteiger partial charge on any atom is 0.330 e. The van der Waals surface area contributed by atoms with Gasteiger partial charge in [0.05, 0.1) is 13.1 Å². The van der Waals surface area contributed by atoms with Gasteiger partial charge in [-0.25, -0.2) is 4.79 Å². The van der Waals surface area contributed by atoms with E-state index in [2.05, 4.69) is 15.2 Å². The topological polar surface area (TPSA) is 132 Å². The van der Waals surface area contributed by atoms with Gasteiger partial charge in [0.2, 0.25) is 11.8 Å². The number of anilines is 2. The molecule has 11 heteroatoms. The number of H-pyrrole nitrogens is 1. The van der Waals surface area contributed by atoms with Crippen LogP contribution >= 0.6 is 11.6 Å². The molecule has 0 aliphatic heterocycles. The number of aromatic amines is 1. The number of nitrogens with one attached hydrogen (secondary N) is 1. The summed E-state index contributed by atoms with van der Waals surface area (Å²) in [7, 11) is 1.60. The number of halogens is 1. The maximum absolute atomic E-state index is 12.9. The fourth-order valence-corrected chi connectivity index (χ4v) is 3.79. The van der Waals surface area contributed by atoms with E-state index in [-0.39, 0.29) is 30.5 Å². The molecule has 0 aliphatic rings. The molecule has 0 radical (unpaired) electrons. The summed E-state index contributed by atoms with van der Waals surface area (Å²) in [5, 5.41) is 8.84. The number of nitrogens with two attached hydrogens (primary N) is 1.